The largest absolute Gasteiger partial charge is 0.300 e. The third-order valence-corrected chi connectivity index (χ3v) is 6.02. The summed E-state index contributed by atoms with van der Waals surface area (Å²) >= 11 is 1.38. The van der Waals surface area contributed by atoms with E-state index >= 15 is 0 Å². The Balaban J connectivity index is 1.52. The Kier molecular flexibility index (Phi) is 4.11. The summed E-state index contributed by atoms with van der Waals surface area (Å²) in [5.74, 6) is -1.53. The fourth-order valence-electron chi connectivity index (χ4n) is 3.62. The molecule has 0 spiro atoms. The van der Waals surface area contributed by atoms with Gasteiger partial charge in [-0.2, -0.15) is 0 Å². The molecule has 2 unspecified atom stereocenters. The van der Waals surface area contributed by atoms with Gasteiger partial charge in [0.25, 0.3) is 0 Å². The van der Waals surface area contributed by atoms with Crippen molar-refractivity contribution in [2.45, 2.75) is 32.7 Å². The van der Waals surface area contributed by atoms with Gasteiger partial charge in [-0.1, -0.05) is 29.6 Å². The monoisotopic (exact) mass is 369 g/mol. The van der Waals surface area contributed by atoms with Crippen LogP contribution in [0.4, 0.5) is 5.13 Å². The summed E-state index contributed by atoms with van der Waals surface area (Å²) in [6.45, 7) is 3.59. The minimum atomic E-state index is -0.852. The van der Waals surface area contributed by atoms with E-state index in [0.29, 0.717) is 18.0 Å². The molecular formula is C19H19N3O3S. The number of amides is 3. The van der Waals surface area contributed by atoms with Crippen LogP contribution in [0.1, 0.15) is 25.3 Å². The van der Waals surface area contributed by atoms with Gasteiger partial charge in [0.1, 0.15) is 6.04 Å². The van der Waals surface area contributed by atoms with Crippen molar-refractivity contribution in [3.63, 3.8) is 0 Å². The number of anilines is 1. The van der Waals surface area contributed by atoms with E-state index in [9.17, 15) is 14.4 Å². The number of likely N-dealkylation sites (tertiary alicyclic amines) is 1. The molecule has 1 aliphatic carbocycles. The summed E-state index contributed by atoms with van der Waals surface area (Å²) in [7, 11) is 0. The lowest BCUT2D eigenvalue weighted by molar-refractivity contribution is -0.146. The average molecular weight is 369 g/mol. The second kappa shape index (κ2) is 6.32. The van der Waals surface area contributed by atoms with Gasteiger partial charge < -0.3 is 5.32 Å². The van der Waals surface area contributed by atoms with E-state index in [2.05, 4.69) is 10.3 Å². The number of nitrogens with zero attached hydrogens (tertiary/aromatic N) is 2. The van der Waals surface area contributed by atoms with E-state index in [1.807, 2.05) is 37.3 Å². The fourth-order valence-corrected chi connectivity index (χ4v) is 4.59. The van der Waals surface area contributed by atoms with Gasteiger partial charge in [0.15, 0.2) is 5.13 Å². The quantitative estimate of drug-likeness (QED) is 0.666. The first kappa shape index (κ1) is 16.9. The summed E-state index contributed by atoms with van der Waals surface area (Å²) in [4.78, 5) is 43.4. The first-order chi connectivity index (χ1) is 12.5. The molecule has 0 saturated carbocycles. The van der Waals surface area contributed by atoms with Crippen molar-refractivity contribution in [2.24, 2.45) is 11.8 Å². The Bertz CT molecular complexity index is 923. The van der Waals surface area contributed by atoms with Gasteiger partial charge in [0.05, 0.1) is 22.1 Å². The first-order valence-electron chi connectivity index (χ1n) is 8.65. The Morgan fingerprint density at radius 3 is 2.54 bits per heavy atom. The molecule has 1 fully saturated rings. The number of thiazole rings is 1. The summed E-state index contributed by atoms with van der Waals surface area (Å²) < 4.78 is 0.985. The maximum absolute atomic E-state index is 12.6. The number of benzene rings is 1. The number of nitrogens with one attached hydrogen (secondary N) is 1. The first-order valence-corrected chi connectivity index (χ1v) is 9.47. The zero-order valence-corrected chi connectivity index (χ0v) is 15.4. The molecule has 7 heteroatoms. The normalized spacial score (nSPS) is 23.4. The molecule has 134 valence electrons. The lowest BCUT2D eigenvalue weighted by atomic mass is 9.85. The SMILES string of the molecule is Cc1ccc2nc(NC(=O)[C@H](C)N3C(=O)C4CC=CCC4C3=O)sc2c1. The van der Waals surface area contributed by atoms with Crippen molar-refractivity contribution < 1.29 is 14.4 Å². The predicted molar refractivity (Wildman–Crippen MR) is 99.7 cm³/mol. The second-order valence-electron chi connectivity index (χ2n) is 6.86. The molecule has 1 aliphatic heterocycles. The molecule has 2 heterocycles. The fraction of sp³-hybridized carbons (Fsp3) is 0.368. The molecule has 1 saturated heterocycles. The molecular weight excluding hydrogens is 350 g/mol. The number of carbonyl (C=O) groups excluding carboxylic acids is 3. The van der Waals surface area contributed by atoms with Crippen molar-refractivity contribution in [1.82, 2.24) is 9.88 Å². The van der Waals surface area contributed by atoms with Crippen LogP contribution in [0.5, 0.6) is 0 Å². The zero-order valence-electron chi connectivity index (χ0n) is 14.6. The van der Waals surface area contributed by atoms with Gasteiger partial charge in [0.2, 0.25) is 17.7 Å². The molecule has 4 rings (SSSR count). The molecule has 0 bridgehead atoms. The molecule has 2 aromatic rings. The summed E-state index contributed by atoms with van der Waals surface area (Å²) in [6, 6.07) is 5.03. The van der Waals surface area contributed by atoms with E-state index in [1.165, 1.54) is 11.3 Å². The van der Waals surface area contributed by atoms with Crippen molar-refractivity contribution >= 4 is 44.4 Å². The number of aryl methyl sites for hydroxylation is 1. The molecule has 1 aromatic heterocycles. The van der Waals surface area contributed by atoms with Gasteiger partial charge in [0, 0.05) is 0 Å². The minimum Gasteiger partial charge on any atom is -0.300 e. The van der Waals surface area contributed by atoms with Gasteiger partial charge in [-0.15, -0.1) is 0 Å². The number of imide groups is 1. The van der Waals surface area contributed by atoms with E-state index in [4.69, 9.17) is 0 Å². The molecule has 1 N–H and O–H groups in total. The van der Waals surface area contributed by atoms with Crippen LogP contribution in [0.15, 0.2) is 30.4 Å². The summed E-state index contributed by atoms with van der Waals surface area (Å²) in [6.07, 6.45) is 5.00. The highest BCUT2D eigenvalue weighted by atomic mass is 32.1. The Labute approximate surface area is 154 Å². The number of rotatable bonds is 3. The Morgan fingerprint density at radius 2 is 1.88 bits per heavy atom. The van der Waals surface area contributed by atoms with E-state index in [0.717, 1.165) is 20.7 Å². The topological polar surface area (TPSA) is 79.4 Å². The highest BCUT2D eigenvalue weighted by Crippen LogP contribution is 2.36. The standard InChI is InChI=1S/C19H19N3O3S/c1-10-7-8-14-15(9-10)26-19(20-14)21-16(23)11(2)22-17(24)12-5-3-4-6-13(12)18(22)25/h3-4,7-9,11-13H,5-6H2,1-2H3,(H,20,21,23)/t11-,12?,13?/m0/s1. The van der Waals surface area contributed by atoms with E-state index in [1.54, 1.807) is 6.92 Å². The maximum Gasteiger partial charge on any atom is 0.249 e. The van der Waals surface area contributed by atoms with Gasteiger partial charge >= 0.3 is 0 Å². The minimum absolute atomic E-state index is 0.244. The van der Waals surface area contributed by atoms with Crippen LogP contribution in [0, 0.1) is 18.8 Å². The van der Waals surface area contributed by atoms with Crippen LogP contribution in [0.25, 0.3) is 10.2 Å². The Hall–Kier alpha value is -2.54. The van der Waals surface area contributed by atoms with Gasteiger partial charge in [-0.05, 0) is 44.4 Å². The molecule has 6 nitrogen and oxygen atoms in total. The van der Waals surface area contributed by atoms with Crippen molar-refractivity contribution in [2.75, 3.05) is 5.32 Å². The number of carbonyl (C=O) groups is 3. The van der Waals surface area contributed by atoms with Crippen LogP contribution in [0.3, 0.4) is 0 Å². The van der Waals surface area contributed by atoms with Crippen LogP contribution in [-0.2, 0) is 14.4 Å². The third-order valence-electron chi connectivity index (χ3n) is 5.08. The number of allylic oxidation sites excluding steroid dienone is 2. The van der Waals surface area contributed by atoms with Crippen molar-refractivity contribution in [3.8, 4) is 0 Å². The third kappa shape index (κ3) is 2.72. The molecule has 0 radical (unpaired) electrons. The van der Waals surface area contributed by atoms with E-state index in [-0.39, 0.29) is 23.7 Å². The van der Waals surface area contributed by atoms with Crippen LogP contribution >= 0.6 is 11.3 Å². The lowest BCUT2D eigenvalue weighted by Gasteiger charge is -2.21. The average Bonchev–Trinajstić information content (AvgIpc) is 3.13. The number of hydrogen-bond acceptors (Lipinski definition) is 5. The van der Waals surface area contributed by atoms with Crippen LogP contribution in [-0.4, -0.2) is 33.6 Å². The molecule has 3 atom stereocenters. The Morgan fingerprint density at radius 1 is 1.23 bits per heavy atom. The van der Waals surface area contributed by atoms with Crippen molar-refractivity contribution in [1.29, 1.82) is 0 Å². The summed E-state index contributed by atoms with van der Waals surface area (Å²) in [5.41, 5.74) is 1.94. The highest BCUT2D eigenvalue weighted by Gasteiger charge is 2.50. The van der Waals surface area contributed by atoms with Gasteiger partial charge in [-0.25, -0.2) is 4.98 Å². The number of fused-ring (bicyclic) bond motifs is 2. The maximum atomic E-state index is 12.6. The summed E-state index contributed by atoms with van der Waals surface area (Å²) in [5, 5.41) is 3.23. The van der Waals surface area contributed by atoms with E-state index < -0.39 is 11.9 Å². The van der Waals surface area contributed by atoms with Crippen LogP contribution < -0.4 is 5.32 Å². The molecule has 1 aromatic carbocycles. The van der Waals surface area contributed by atoms with Crippen LogP contribution in [0.2, 0.25) is 0 Å². The molecule has 2 aliphatic rings. The van der Waals surface area contributed by atoms with Crippen molar-refractivity contribution in [3.05, 3.63) is 35.9 Å². The predicted octanol–water partition coefficient (Wildman–Crippen LogP) is 2.88. The number of aromatic nitrogens is 1. The number of hydrogen-bond donors (Lipinski definition) is 1. The second-order valence-corrected chi connectivity index (χ2v) is 7.89. The molecule has 3 amide bonds. The zero-order chi connectivity index (χ0) is 18.4. The molecule has 26 heavy (non-hydrogen) atoms. The van der Waals surface area contributed by atoms with Gasteiger partial charge in [-0.3, -0.25) is 19.3 Å². The lowest BCUT2D eigenvalue weighted by Crippen LogP contribution is -2.46. The highest BCUT2D eigenvalue weighted by molar-refractivity contribution is 7.22. The smallest absolute Gasteiger partial charge is 0.249 e.